The molecule has 0 radical (unpaired) electrons. The van der Waals surface area contributed by atoms with E-state index in [2.05, 4.69) is 13.8 Å². The first-order chi connectivity index (χ1) is 8.93. The molecule has 0 aromatic heterocycles. The number of hydrogen-bond acceptors (Lipinski definition) is 4. The van der Waals surface area contributed by atoms with Crippen molar-refractivity contribution in [3.63, 3.8) is 0 Å². The highest BCUT2D eigenvalue weighted by atomic mass is 32.2. The molecule has 3 unspecified atom stereocenters. The normalized spacial score (nSPS) is 46.6. The summed E-state index contributed by atoms with van der Waals surface area (Å²) in [6, 6.07) is 0. The van der Waals surface area contributed by atoms with E-state index in [4.69, 9.17) is 4.74 Å². The van der Waals surface area contributed by atoms with E-state index in [1.165, 1.54) is 17.9 Å². The lowest BCUT2D eigenvalue weighted by Gasteiger charge is -2.49. The molecule has 1 N–H and O–H groups in total. The van der Waals surface area contributed by atoms with Gasteiger partial charge in [0.05, 0.1) is 11.2 Å². The SMILES string of the molecule is CC1(C)CSCC(O)(C2CCOC3(CCSC3)C2)C1. The molecule has 19 heavy (non-hydrogen) atoms. The fourth-order valence-electron chi connectivity index (χ4n) is 4.05. The summed E-state index contributed by atoms with van der Waals surface area (Å²) in [7, 11) is 0. The van der Waals surface area contributed by atoms with Gasteiger partial charge >= 0.3 is 0 Å². The average molecular weight is 303 g/mol. The molecule has 2 nitrogen and oxygen atoms in total. The first kappa shape index (κ1) is 14.6. The second-order valence-electron chi connectivity index (χ2n) is 7.46. The van der Waals surface area contributed by atoms with E-state index < -0.39 is 5.60 Å². The molecule has 1 spiro atoms. The minimum absolute atomic E-state index is 0.0928. The van der Waals surface area contributed by atoms with E-state index in [9.17, 15) is 5.11 Å². The average Bonchev–Trinajstić information content (AvgIpc) is 2.76. The Hall–Kier alpha value is 0.620. The van der Waals surface area contributed by atoms with Gasteiger partial charge in [-0.3, -0.25) is 0 Å². The Morgan fingerprint density at radius 1 is 1.16 bits per heavy atom. The molecule has 0 aromatic rings. The highest BCUT2D eigenvalue weighted by Crippen LogP contribution is 2.49. The molecule has 4 heteroatoms. The lowest BCUT2D eigenvalue weighted by molar-refractivity contribution is -0.134. The van der Waals surface area contributed by atoms with Gasteiger partial charge in [0.15, 0.2) is 0 Å². The van der Waals surface area contributed by atoms with Crippen molar-refractivity contribution in [2.75, 3.05) is 29.6 Å². The molecule has 3 saturated heterocycles. The Balaban J connectivity index is 1.73. The van der Waals surface area contributed by atoms with Crippen molar-refractivity contribution in [2.45, 2.75) is 50.7 Å². The fourth-order valence-corrected chi connectivity index (χ4v) is 6.87. The standard InChI is InChI=1S/C15H26O2S2/c1-13(2)8-15(16,11-19-9-13)12-3-5-17-14(7-12)4-6-18-10-14/h12,16H,3-11H2,1-2H3. The highest BCUT2D eigenvalue weighted by molar-refractivity contribution is 7.99. The van der Waals surface area contributed by atoms with Crippen LogP contribution in [0.15, 0.2) is 0 Å². The zero-order valence-corrected chi connectivity index (χ0v) is 13.7. The van der Waals surface area contributed by atoms with Crippen LogP contribution in [0.2, 0.25) is 0 Å². The number of rotatable bonds is 1. The van der Waals surface area contributed by atoms with Gasteiger partial charge in [-0.05, 0) is 48.5 Å². The van der Waals surface area contributed by atoms with Gasteiger partial charge in [-0.25, -0.2) is 0 Å². The van der Waals surface area contributed by atoms with Crippen LogP contribution in [-0.4, -0.2) is 45.9 Å². The molecule has 0 aromatic carbocycles. The summed E-state index contributed by atoms with van der Waals surface area (Å²) in [6.07, 6.45) is 4.26. The van der Waals surface area contributed by atoms with Crippen LogP contribution in [0, 0.1) is 11.3 Å². The summed E-state index contributed by atoms with van der Waals surface area (Å²) in [5.74, 6) is 4.90. The molecule has 110 valence electrons. The predicted octanol–water partition coefficient (Wildman–Crippen LogP) is 3.18. The molecule has 0 saturated carbocycles. The maximum atomic E-state index is 11.2. The van der Waals surface area contributed by atoms with Crippen molar-refractivity contribution in [1.29, 1.82) is 0 Å². The quantitative estimate of drug-likeness (QED) is 0.805. The maximum Gasteiger partial charge on any atom is 0.0784 e. The summed E-state index contributed by atoms with van der Waals surface area (Å²) >= 11 is 3.95. The highest BCUT2D eigenvalue weighted by Gasteiger charge is 2.50. The third-order valence-electron chi connectivity index (χ3n) is 4.95. The largest absolute Gasteiger partial charge is 0.389 e. The third kappa shape index (κ3) is 2.97. The van der Waals surface area contributed by atoms with Crippen molar-refractivity contribution in [1.82, 2.24) is 0 Å². The van der Waals surface area contributed by atoms with Crippen molar-refractivity contribution in [3.8, 4) is 0 Å². The Bertz CT molecular complexity index is 339. The summed E-state index contributed by atoms with van der Waals surface area (Å²) in [5, 5.41) is 11.2. The van der Waals surface area contributed by atoms with Gasteiger partial charge in [-0.15, -0.1) is 0 Å². The lowest BCUT2D eigenvalue weighted by atomic mass is 9.70. The van der Waals surface area contributed by atoms with Crippen molar-refractivity contribution in [2.24, 2.45) is 11.3 Å². The maximum absolute atomic E-state index is 11.2. The van der Waals surface area contributed by atoms with Crippen LogP contribution in [0.1, 0.15) is 39.5 Å². The van der Waals surface area contributed by atoms with Crippen molar-refractivity contribution >= 4 is 23.5 Å². The lowest BCUT2D eigenvalue weighted by Crippen LogP contribution is -2.53. The molecular formula is C15H26O2S2. The number of aliphatic hydroxyl groups is 1. The molecule has 3 rings (SSSR count). The predicted molar refractivity (Wildman–Crippen MR) is 84.0 cm³/mol. The minimum Gasteiger partial charge on any atom is -0.389 e. The first-order valence-corrected chi connectivity index (χ1v) is 9.76. The van der Waals surface area contributed by atoms with E-state index in [1.807, 2.05) is 23.5 Å². The van der Waals surface area contributed by atoms with Crippen LogP contribution in [0.5, 0.6) is 0 Å². The monoisotopic (exact) mass is 302 g/mol. The van der Waals surface area contributed by atoms with Crippen LogP contribution in [0.25, 0.3) is 0 Å². The molecule has 3 atom stereocenters. The Morgan fingerprint density at radius 3 is 2.68 bits per heavy atom. The van der Waals surface area contributed by atoms with Crippen molar-refractivity contribution in [3.05, 3.63) is 0 Å². The van der Waals surface area contributed by atoms with Gasteiger partial charge in [0.25, 0.3) is 0 Å². The summed E-state index contributed by atoms with van der Waals surface area (Å²) in [4.78, 5) is 0. The molecule has 0 aliphatic carbocycles. The van der Waals surface area contributed by atoms with Crippen molar-refractivity contribution < 1.29 is 9.84 Å². The van der Waals surface area contributed by atoms with Crippen LogP contribution in [0.3, 0.4) is 0 Å². The van der Waals surface area contributed by atoms with E-state index in [0.29, 0.717) is 5.92 Å². The second kappa shape index (κ2) is 5.11. The Labute approximate surface area is 125 Å². The van der Waals surface area contributed by atoms with Crippen LogP contribution in [0.4, 0.5) is 0 Å². The van der Waals surface area contributed by atoms with Gasteiger partial charge in [-0.2, -0.15) is 23.5 Å². The van der Waals surface area contributed by atoms with E-state index in [-0.39, 0.29) is 11.0 Å². The Kier molecular flexibility index (Phi) is 3.92. The first-order valence-electron chi connectivity index (χ1n) is 7.45. The van der Waals surface area contributed by atoms with E-state index >= 15 is 0 Å². The molecule has 0 amide bonds. The summed E-state index contributed by atoms with van der Waals surface area (Å²) in [6.45, 7) is 5.44. The zero-order chi connectivity index (χ0) is 13.6. The van der Waals surface area contributed by atoms with Gasteiger partial charge in [0, 0.05) is 18.1 Å². The summed E-state index contributed by atoms with van der Waals surface area (Å²) in [5.41, 5.74) is -0.0976. The minimum atomic E-state index is -0.462. The fraction of sp³-hybridized carbons (Fsp3) is 1.00. The van der Waals surface area contributed by atoms with Gasteiger partial charge in [0.2, 0.25) is 0 Å². The number of hydrogen-bond donors (Lipinski definition) is 1. The molecule has 0 bridgehead atoms. The smallest absolute Gasteiger partial charge is 0.0784 e. The van der Waals surface area contributed by atoms with Crippen LogP contribution < -0.4 is 0 Å². The van der Waals surface area contributed by atoms with Crippen LogP contribution >= 0.6 is 23.5 Å². The molecule has 3 fully saturated rings. The zero-order valence-electron chi connectivity index (χ0n) is 12.1. The number of ether oxygens (including phenoxy) is 1. The Morgan fingerprint density at radius 2 is 2.00 bits per heavy atom. The molecule has 3 heterocycles. The van der Waals surface area contributed by atoms with E-state index in [1.54, 1.807) is 0 Å². The van der Waals surface area contributed by atoms with Crippen LogP contribution in [-0.2, 0) is 4.74 Å². The van der Waals surface area contributed by atoms with Gasteiger partial charge in [0.1, 0.15) is 0 Å². The topological polar surface area (TPSA) is 29.5 Å². The molecule has 3 aliphatic rings. The van der Waals surface area contributed by atoms with E-state index in [0.717, 1.165) is 37.4 Å². The summed E-state index contributed by atoms with van der Waals surface area (Å²) < 4.78 is 6.11. The van der Waals surface area contributed by atoms with Gasteiger partial charge < -0.3 is 9.84 Å². The second-order valence-corrected chi connectivity index (χ2v) is 9.55. The number of thioether (sulfide) groups is 2. The molecule has 3 aliphatic heterocycles. The third-order valence-corrected chi connectivity index (χ3v) is 7.86. The molecular weight excluding hydrogens is 276 g/mol. The van der Waals surface area contributed by atoms with Gasteiger partial charge in [-0.1, -0.05) is 13.8 Å².